The van der Waals surface area contributed by atoms with Crippen molar-refractivity contribution in [3.8, 4) is 5.75 Å². The average molecular weight is 486 g/mol. The molecule has 2 aromatic rings. The summed E-state index contributed by atoms with van der Waals surface area (Å²) in [6, 6.07) is 14.5. The lowest BCUT2D eigenvalue weighted by molar-refractivity contribution is -0.0437. The largest absolute Gasteiger partial charge is 0.516 e. The van der Waals surface area contributed by atoms with Crippen molar-refractivity contribution in [3.63, 3.8) is 0 Å². The molecule has 0 unspecified atom stereocenters. The smallest absolute Gasteiger partial charge is 0.491 e. The summed E-state index contributed by atoms with van der Waals surface area (Å²) < 4.78 is 69.0. The van der Waals surface area contributed by atoms with Crippen molar-refractivity contribution in [2.24, 2.45) is 0 Å². The van der Waals surface area contributed by atoms with E-state index in [2.05, 4.69) is 22.8 Å². The second-order valence-corrected chi connectivity index (χ2v) is 10.3. The Morgan fingerprint density at radius 3 is 2.52 bits per heavy atom. The SMILES string of the molecule is CC(C)Oc1ccc(N(C)S(=O)(=O)C(F)(F)F)cc1CN[C@@H]1CCCN[C@@H]1c1ccccc1. The van der Waals surface area contributed by atoms with E-state index in [1.54, 1.807) is 0 Å². The predicted molar refractivity (Wildman–Crippen MR) is 123 cm³/mol. The molecule has 3 rings (SSSR count). The molecule has 0 aromatic heterocycles. The molecule has 1 aliphatic rings. The van der Waals surface area contributed by atoms with E-state index in [0.717, 1.165) is 32.0 Å². The minimum atomic E-state index is -5.50. The Morgan fingerprint density at radius 1 is 1.18 bits per heavy atom. The molecule has 1 heterocycles. The molecule has 33 heavy (non-hydrogen) atoms. The van der Waals surface area contributed by atoms with Gasteiger partial charge in [0.2, 0.25) is 0 Å². The van der Waals surface area contributed by atoms with Crippen molar-refractivity contribution in [1.82, 2.24) is 10.6 Å². The minimum Gasteiger partial charge on any atom is -0.491 e. The molecule has 0 aliphatic carbocycles. The molecule has 182 valence electrons. The third-order valence-corrected chi connectivity index (χ3v) is 7.11. The summed E-state index contributed by atoms with van der Waals surface area (Å²) in [5.74, 6) is 0.499. The van der Waals surface area contributed by atoms with Gasteiger partial charge in [-0.05, 0) is 57.0 Å². The van der Waals surface area contributed by atoms with Crippen molar-refractivity contribution < 1.29 is 26.3 Å². The fourth-order valence-corrected chi connectivity index (χ4v) is 4.62. The van der Waals surface area contributed by atoms with Crippen LogP contribution < -0.4 is 19.7 Å². The monoisotopic (exact) mass is 485 g/mol. The van der Waals surface area contributed by atoms with Gasteiger partial charge in [0.1, 0.15) is 5.75 Å². The number of sulfonamides is 1. The molecule has 0 spiro atoms. The zero-order valence-electron chi connectivity index (χ0n) is 18.9. The zero-order valence-corrected chi connectivity index (χ0v) is 19.7. The maximum atomic E-state index is 13.0. The molecule has 1 fully saturated rings. The van der Waals surface area contributed by atoms with Crippen LogP contribution in [0.5, 0.6) is 5.75 Å². The molecular weight excluding hydrogens is 455 g/mol. The van der Waals surface area contributed by atoms with Gasteiger partial charge in [0.05, 0.1) is 11.8 Å². The summed E-state index contributed by atoms with van der Waals surface area (Å²) in [5, 5.41) is 7.03. The third kappa shape index (κ3) is 5.99. The van der Waals surface area contributed by atoms with Crippen LogP contribution >= 0.6 is 0 Å². The molecule has 2 N–H and O–H groups in total. The van der Waals surface area contributed by atoms with Crippen molar-refractivity contribution in [2.45, 2.75) is 56.9 Å². The van der Waals surface area contributed by atoms with Crippen molar-refractivity contribution in [3.05, 3.63) is 59.7 Å². The summed E-state index contributed by atoms with van der Waals surface area (Å²) in [7, 11) is -4.60. The molecule has 10 heteroatoms. The highest BCUT2D eigenvalue weighted by Gasteiger charge is 2.49. The van der Waals surface area contributed by atoms with Crippen molar-refractivity contribution in [2.75, 3.05) is 17.9 Å². The highest BCUT2D eigenvalue weighted by Crippen LogP contribution is 2.33. The number of rotatable bonds is 8. The quantitative estimate of drug-likeness (QED) is 0.582. The first-order valence-corrected chi connectivity index (χ1v) is 12.3. The van der Waals surface area contributed by atoms with Crippen LogP contribution in [0.2, 0.25) is 0 Å². The maximum Gasteiger partial charge on any atom is 0.516 e. The molecule has 2 aromatic carbocycles. The van der Waals surface area contributed by atoms with E-state index in [1.165, 1.54) is 18.2 Å². The first-order valence-electron chi connectivity index (χ1n) is 10.9. The number of hydrogen-bond donors (Lipinski definition) is 2. The van der Waals surface area contributed by atoms with Gasteiger partial charge >= 0.3 is 15.5 Å². The molecule has 0 radical (unpaired) electrons. The number of benzene rings is 2. The van der Waals surface area contributed by atoms with Gasteiger partial charge in [0.15, 0.2) is 0 Å². The molecular formula is C23H30F3N3O3S. The van der Waals surface area contributed by atoms with Crippen LogP contribution in [0.3, 0.4) is 0 Å². The van der Waals surface area contributed by atoms with E-state index in [4.69, 9.17) is 4.74 Å². The van der Waals surface area contributed by atoms with Crippen LogP contribution in [-0.4, -0.2) is 39.7 Å². The molecule has 1 saturated heterocycles. The number of nitrogens with one attached hydrogen (secondary N) is 2. The Hall–Kier alpha value is -2.30. The molecule has 2 atom stereocenters. The normalized spacial score (nSPS) is 19.5. The number of hydrogen-bond acceptors (Lipinski definition) is 5. The lowest BCUT2D eigenvalue weighted by atomic mass is 9.92. The van der Waals surface area contributed by atoms with E-state index in [1.807, 2.05) is 32.0 Å². The second-order valence-electron chi connectivity index (χ2n) is 8.35. The molecule has 0 saturated carbocycles. The summed E-state index contributed by atoms with van der Waals surface area (Å²) in [6.07, 6.45) is 1.76. The third-order valence-electron chi connectivity index (χ3n) is 5.60. The summed E-state index contributed by atoms with van der Waals surface area (Å²) in [6.45, 7) is 4.91. The van der Waals surface area contributed by atoms with E-state index in [9.17, 15) is 21.6 Å². The predicted octanol–water partition coefficient (Wildman–Crippen LogP) is 4.34. The fraction of sp³-hybridized carbons (Fsp3) is 0.478. The van der Waals surface area contributed by atoms with Crippen LogP contribution in [0.4, 0.5) is 18.9 Å². The number of piperidine rings is 1. The highest BCUT2D eigenvalue weighted by molar-refractivity contribution is 7.93. The van der Waals surface area contributed by atoms with Crippen LogP contribution in [0, 0.1) is 0 Å². The maximum absolute atomic E-state index is 13.0. The Bertz CT molecular complexity index is 1030. The number of halogens is 3. The van der Waals surface area contributed by atoms with Crippen LogP contribution in [-0.2, 0) is 16.6 Å². The van der Waals surface area contributed by atoms with Crippen molar-refractivity contribution in [1.29, 1.82) is 0 Å². The molecule has 0 amide bonds. The lowest BCUT2D eigenvalue weighted by Gasteiger charge is -2.34. The number of alkyl halides is 3. The van der Waals surface area contributed by atoms with Crippen LogP contribution in [0.25, 0.3) is 0 Å². The molecule has 6 nitrogen and oxygen atoms in total. The Balaban J connectivity index is 1.86. The zero-order chi connectivity index (χ0) is 24.2. The number of anilines is 1. The topological polar surface area (TPSA) is 70.7 Å². The first kappa shape index (κ1) is 25.3. The van der Waals surface area contributed by atoms with Gasteiger partial charge < -0.3 is 15.4 Å². The van der Waals surface area contributed by atoms with Gasteiger partial charge in [-0.25, -0.2) is 0 Å². The van der Waals surface area contributed by atoms with E-state index in [0.29, 0.717) is 17.9 Å². The summed E-state index contributed by atoms with van der Waals surface area (Å²) in [5.41, 5.74) is -3.73. The van der Waals surface area contributed by atoms with Gasteiger partial charge in [-0.1, -0.05) is 30.3 Å². The fourth-order valence-electron chi connectivity index (χ4n) is 3.92. The van der Waals surface area contributed by atoms with Gasteiger partial charge in [-0.3, -0.25) is 4.31 Å². The summed E-state index contributed by atoms with van der Waals surface area (Å²) in [4.78, 5) is 0. The van der Waals surface area contributed by atoms with E-state index in [-0.39, 0.29) is 28.2 Å². The van der Waals surface area contributed by atoms with Gasteiger partial charge in [0.25, 0.3) is 0 Å². The standard InChI is InChI=1S/C23H30F3N3O3S/c1-16(2)32-21-12-11-19(29(3)33(30,31)23(24,25)26)14-18(21)15-28-20-10-7-13-27-22(20)17-8-5-4-6-9-17/h4-6,8-9,11-12,14,16,20,22,27-28H,7,10,13,15H2,1-3H3/t20-,22-/m1/s1. The van der Waals surface area contributed by atoms with Crippen molar-refractivity contribution >= 4 is 15.7 Å². The van der Waals surface area contributed by atoms with Gasteiger partial charge in [0, 0.05) is 31.2 Å². The lowest BCUT2D eigenvalue weighted by Crippen LogP contribution is -2.45. The second kappa shape index (κ2) is 10.3. The van der Waals surface area contributed by atoms with E-state index < -0.39 is 15.5 Å². The summed E-state index contributed by atoms with van der Waals surface area (Å²) >= 11 is 0. The first-order chi connectivity index (χ1) is 15.5. The number of nitrogens with zero attached hydrogens (tertiary/aromatic N) is 1. The highest BCUT2D eigenvalue weighted by atomic mass is 32.2. The Kier molecular flexibility index (Phi) is 7.92. The van der Waals surface area contributed by atoms with Gasteiger partial charge in [-0.15, -0.1) is 0 Å². The number of ether oxygens (including phenoxy) is 1. The van der Waals surface area contributed by atoms with Gasteiger partial charge in [-0.2, -0.15) is 21.6 Å². The average Bonchev–Trinajstić information content (AvgIpc) is 2.77. The van der Waals surface area contributed by atoms with E-state index >= 15 is 0 Å². The van der Waals surface area contributed by atoms with Crippen LogP contribution in [0.1, 0.15) is 43.9 Å². The molecule has 0 bridgehead atoms. The Labute approximate surface area is 193 Å². The van der Waals surface area contributed by atoms with Crippen LogP contribution in [0.15, 0.2) is 48.5 Å². The molecule has 1 aliphatic heterocycles. The minimum absolute atomic E-state index is 0.0818. The Morgan fingerprint density at radius 2 is 1.88 bits per heavy atom.